The molecule has 0 fully saturated rings. The Hall–Kier alpha value is -0.860. The van der Waals surface area contributed by atoms with Crippen molar-refractivity contribution >= 4 is 0 Å². The van der Waals surface area contributed by atoms with Gasteiger partial charge in [0.15, 0.2) is 0 Å². The fourth-order valence-corrected chi connectivity index (χ4v) is 1.18. The molecular weight excluding hydrogens is 200 g/mol. The van der Waals surface area contributed by atoms with Crippen molar-refractivity contribution in [1.82, 2.24) is 0 Å². The lowest BCUT2D eigenvalue weighted by atomic mass is 10.1. The second-order valence-corrected chi connectivity index (χ2v) is 4.38. The van der Waals surface area contributed by atoms with E-state index in [1.807, 2.05) is 18.2 Å². The zero-order valence-corrected chi connectivity index (χ0v) is 10.4. The van der Waals surface area contributed by atoms with E-state index in [1.165, 1.54) is 0 Å². The lowest BCUT2D eigenvalue weighted by molar-refractivity contribution is 0.133. The fourth-order valence-electron chi connectivity index (χ4n) is 1.18. The lowest BCUT2D eigenvalue weighted by Gasteiger charge is -2.08. The summed E-state index contributed by atoms with van der Waals surface area (Å²) in [7, 11) is 0. The molecule has 0 spiro atoms. The van der Waals surface area contributed by atoms with Crippen molar-refractivity contribution in [3.8, 4) is 0 Å². The molecule has 0 aromatic carbocycles. The highest BCUT2D eigenvalue weighted by Gasteiger charge is 2.03. The molecule has 0 aliphatic carbocycles. The quantitative estimate of drug-likeness (QED) is 0.378. The summed E-state index contributed by atoms with van der Waals surface area (Å²) >= 11 is 0. The number of hydrogen-bond donors (Lipinski definition) is 2. The molecule has 0 atom stereocenters. The highest BCUT2D eigenvalue weighted by atomic mass is 16.3. The summed E-state index contributed by atoms with van der Waals surface area (Å²) < 4.78 is 0. The molecule has 2 nitrogen and oxygen atoms in total. The molecule has 0 aromatic heterocycles. The Morgan fingerprint density at radius 3 is 2.12 bits per heavy atom. The Bertz CT molecular complexity index is 232. The first-order valence-electron chi connectivity index (χ1n) is 5.89. The molecule has 92 valence electrons. The second kappa shape index (κ2) is 9.37. The maximum absolute atomic E-state index is 9.39. The fraction of sp³-hybridized carbons (Fsp3) is 0.571. The van der Waals surface area contributed by atoms with Crippen LogP contribution in [0.1, 0.15) is 39.5 Å². The van der Waals surface area contributed by atoms with Gasteiger partial charge in [0, 0.05) is 0 Å². The molecule has 0 saturated heterocycles. The zero-order chi connectivity index (χ0) is 12.3. The number of aliphatic hydroxyl groups excluding tert-OH is 1. The molecule has 2 N–H and O–H groups in total. The van der Waals surface area contributed by atoms with Gasteiger partial charge in [0.25, 0.3) is 0 Å². The van der Waals surface area contributed by atoms with Gasteiger partial charge in [-0.2, -0.15) is 0 Å². The van der Waals surface area contributed by atoms with Crippen molar-refractivity contribution in [3.63, 3.8) is 0 Å². The van der Waals surface area contributed by atoms with Crippen LogP contribution in [0.3, 0.4) is 0 Å². The molecule has 0 bridgehead atoms. The number of rotatable bonds is 8. The van der Waals surface area contributed by atoms with Crippen LogP contribution >= 0.6 is 0 Å². The summed E-state index contributed by atoms with van der Waals surface area (Å²) in [5, 5.41) is 17.9. The molecule has 0 unspecified atom stereocenters. The lowest BCUT2D eigenvalue weighted by Crippen LogP contribution is -2.13. The normalized spacial score (nSPS) is 13.5. The highest BCUT2D eigenvalue weighted by Crippen LogP contribution is 2.04. The van der Waals surface area contributed by atoms with Gasteiger partial charge in [-0.05, 0) is 39.5 Å². The molecular formula is C14H24O2. The molecule has 2 heteroatoms. The van der Waals surface area contributed by atoms with Crippen molar-refractivity contribution in [2.45, 2.75) is 45.1 Å². The van der Waals surface area contributed by atoms with Gasteiger partial charge in [0.1, 0.15) is 0 Å². The summed E-state index contributed by atoms with van der Waals surface area (Å²) in [6, 6.07) is 0. The highest BCUT2D eigenvalue weighted by molar-refractivity contribution is 5.07. The predicted molar refractivity (Wildman–Crippen MR) is 69.3 cm³/mol. The Labute approximate surface area is 99.0 Å². The second-order valence-electron chi connectivity index (χ2n) is 4.38. The van der Waals surface area contributed by atoms with Crippen molar-refractivity contribution < 1.29 is 10.2 Å². The Morgan fingerprint density at radius 1 is 0.938 bits per heavy atom. The van der Waals surface area contributed by atoms with Crippen LogP contribution in [0.4, 0.5) is 0 Å². The van der Waals surface area contributed by atoms with Gasteiger partial charge >= 0.3 is 0 Å². The Morgan fingerprint density at radius 2 is 1.56 bits per heavy atom. The number of hydrogen-bond acceptors (Lipinski definition) is 2. The van der Waals surface area contributed by atoms with Gasteiger partial charge in [0.05, 0.1) is 12.2 Å². The molecule has 16 heavy (non-hydrogen) atoms. The van der Waals surface area contributed by atoms with E-state index in [1.54, 1.807) is 26.0 Å². The minimum atomic E-state index is -0.723. The van der Waals surface area contributed by atoms with Crippen LogP contribution in [0.15, 0.2) is 36.5 Å². The van der Waals surface area contributed by atoms with E-state index in [4.69, 9.17) is 5.11 Å². The average molecular weight is 224 g/mol. The molecule has 0 aliphatic rings. The van der Waals surface area contributed by atoms with E-state index in [-0.39, 0.29) is 6.61 Å². The summed E-state index contributed by atoms with van der Waals surface area (Å²) in [5.74, 6) is 0. The predicted octanol–water partition coefficient (Wildman–Crippen LogP) is 2.98. The van der Waals surface area contributed by atoms with Crippen LogP contribution < -0.4 is 0 Å². The van der Waals surface area contributed by atoms with Gasteiger partial charge in [-0.3, -0.25) is 0 Å². The van der Waals surface area contributed by atoms with Crippen molar-refractivity contribution in [2.75, 3.05) is 6.61 Å². The summed E-state index contributed by atoms with van der Waals surface area (Å²) in [4.78, 5) is 0. The van der Waals surface area contributed by atoms with Crippen molar-refractivity contribution in [1.29, 1.82) is 0 Å². The van der Waals surface area contributed by atoms with E-state index < -0.39 is 5.60 Å². The first-order valence-corrected chi connectivity index (χ1v) is 5.89. The molecule has 0 aromatic rings. The summed E-state index contributed by atoms with van der Waals surface area (Å²) in [6.07, 6.45) is 15.9. The van der Waals surface area contributed by atoms with E-state index in [0.29, 0.717) is 0 Å². The summed E-state index contributed by atoms with van der Waals surface area (Å²) in [6.45, 7) is 3.65. The van der Waals surface area contributed by atoms with Crippen molar-refractivity contribution in [3.05, 3.63) is 36.5 Å². The van der Waals surface area contributed by atoms with Crippen LogP contribution in [0.5, 0.6) is 0 Å². The minimum Gasteiger partial charge on any atom is -0.392 e. The Kier molecular flexibility index (Phi) is 8.87. The van der Waals surface area contributed by atoms with Crippen LogP contribution in [-0.4, -0.2) is 22.4 Å². The zero-order valence-electron chi connectivity index (χ0n) is 10.4. The maximum Gasteiger partial charge on any atom is 0.0774 e. The molecule has 0 heterocycles. The molecule has 0 radical (unpaired) electrons. The Balaban J connectivity index is 3.42. The molecule has 0 amide bonds. The van der Waals surface area contributed by atoms with Crippen LogP contribution in [0.2, 0.25) is 0 Å². The maximum atomic E-state index is 9.39. The van der Waals surface area contributed by atoms with Gasteiger partial charge in [-0.15, -0.1) is 0 Å². The van der Waals surface area contributed by atoms with Gasteiger partial charge in [0.2, 0.25) is 0 Å². The van der Waals surface area contributed by atoms with E-state index in [9.17, 15) is 5.11 Å². The molecule has 0 saturated carbocycles. The smallest absolute Gasteiger partial charge is 0.0774 e. The number of unbranched alkanes of at least 4 members (excludes halogenated alkanes) is 3. The molecule has 0 aliphatic heterocycles. The standard InChI is InChI=1S/C14H24O2/c1-14(2,16)12-10-8-6-4-3-5-7-9-11-13-15/h6,8-12,15-16H,3-5,7,13H2,1-2H3/b8-6+,11-9+,12-10+. The van der Waals surface area contributed by atoms with Gasteiger partial charge in [-0.25, -0.2) is 0 Å². The van der Waals surface area contributed by atoms with Crippen LogP contribution in [-0.2, 0) is 0 Å². The molecule has 0 rings (SSSR count). The topological polar surface area (TPSA) is 40.5 Å². The summed E-state index contributed by atoms with van der Waals surface area (Å²) in [5.41, 5.74) is -0.723. The minimum absolute atomic E-state index is 0.141. The first kappa shape index (κ1) is 15.1. The van der Waals surface area contributed by atoms with E-state index >= 15 is 0 Å². The first-order chi connectivity index (χ1) is 7.56. The third-order valence-corrected chi connectivity index (χ3v) is 2.01. The van der Waals surface area contributed by atoms with Crippen molar-refractivity contribution in [2.24, 2.45) is 0 Å². The third kappa shape index (κ3) is 13.1. The average Bonchev–Trinajstić information content (AvgIpc) is 2.19. The number of allylic oxidation sites excluding steroid dienone is 4. The SMILES string of the molecule is CC(C)(O)/C=C/C=C/CCCC/C=C/CO. The number of aliphatic hydroxyl groups is 2. The third-order valence-electron chi connectivity index (χ3n) is 2.01. The van der Waals surface area contributed by atoms with E-state index in [0.717, 1.165) is 25.7 Å². The van der Waals surface area contributed by atoms with Gasteiger partial charge < -0.3 is 10.2 Å². The monoisotopic (exact) mass is 224 g/mol. The van der Waals surface area contributed by atoms with E-state index in [2.05, 4.69) is 6.08 Å². The van der Waals surface area contributed by atoms with Crippen LogP contribution in [0, 0.1) is 0 Å². The largest absolute Gasteiger partial charge is 0.392 e. The van der Waals surface area contributed by atoms with Gasteiger partial charge in [-0.1, -0.05) is 36.5 Å². The van der Waals surface area contributed by atoms with Crippen LogP contribution in [0.25, 0.3) is 0 Å².